The van der Waals surface area contributed by atoms with Crippen LogP contribution in [0.15, 0.2) is 164 Å². The Morgan fingerprint density at radius 2 is 0.835 bits per heavy atom. The Kier molecular flexibility index (Phi) is 25.2. The smallest absolute Gasteiger partial charge is 0.159 e. The molecule has 10 unspecified atom stereocenters. The summed E-state index contributed by atoms with van der Waals surface area (Å²) >= 11 is 6.31. The van der Waals surface area contributed by atoms with Gasteiger partial charge in [0, 0.05) is 191 Å². The molecule has 12 fully saturated rings. The number of para-hydroxylation sites is 1. The minimum absolute atomic E-state index is 0.151. The van der Waals surface area contributed by atoms with Crippen LogP contribution >= 0.6 is 11.6 Å². The molecule has 0 N–H and O–H groups in total. The highest BCUT2D eigenvalue weighted by molar-refractivity contribution is 6.33. The number of aryl methyl sites for hydroxylation is 3. The molecule has 0 spiro atoms. The van der Waals surface area contributed by atoms with Gasteiger partial charge in [-0.05, 0) is 290 Å². The zero-order valence-electron chi connectivity index (χ0n) is 66.8. The first-order valence-electron chi connectivity index (χ1n) is 43.6. The summed E-state index contributed by atoms with van der Waals surface area (Å²) in [5.74, 6) is 13.1. The molecule has 5 aromatic rings. The fourth-order valence-electron chi connectivity index (χ4n) is 23.3. The SMILES string of the molecule is CC(=O)c1ccc(N2CCN(C3C4CC5CC(C4)CC3C5)CC2)cc1.Cc1ccc(C)c(N2CCN(CC3CC=CCC3)CC2)c1.Cc1ccc(N2CCN(CC3CC4C=CC3C4)CC2)cc1.Clc1ccccc1N1CCN(CC2CC3C=CC2C3)CC1.Fc1ccc(N2CCN(CC3CC4C=CC3C4)CC2)cc1. The molecular weight excluding hydrogens is 1360 g/mol. The molecule has 10 atom stereocenters. The Morgan fingerprint density at radius 3 is 1.27 bits per heavy atom. The molecule has 11 nitrogen and oxygen atoms in total. The number of halogens is 2. The molecule has 0 aromatic heterocycles. The van der Waals surface area contributed by atoms with Crippen LogP contribution in [0.25, 0.3) is 0 Å². The van der Waals surface area contributed by atoms with Gasteiger partial charge >= 0.3 is 0 Å². The van der Waals surface area contributed by atoms with Crippen LogP contribution in [0.2, 0.25) is 5.02 Å². The van der Waals surface area contributed by atoms with Crippen molar-refractivity contribution in [3.05, 3.63) is 197 Å². The van der Waals surface area contributed by atoms with E-state index < -0.39 is 0 Å². The normalized spacial score (nSPS) is 31.7. The maximum absolute atomic E-state index is 13.0. The predicted octanol–water partition coefficient (Wildman–Crippen LogP) is 17.8. The van der Waals surface area contributed by atoms with Crippen molar-refractivity contribution in [2.24, 2.45) is 82.9 Å². The van der Waals surface area contributed by atoms with E-state index in [9.17, 15) is 9.18 Å². The molecule has 7 saturated carbocycles. The van der Waals surface area contributed by atoms with Crippen molar-refractivity contribution < 1.29 is 9.18 Å². The van der Waals surface area contributed by atoms with Crippen molar-refractivity contribution in [1.82, 2.24) is 24.5 Å². The van der Waals surface area contributed by atoms with Gasteiger partial charge in [-0.2, -0.15) is 0 Å². The Labute approximate surface area is 660 Å². The van der Waals surface area contributed by atoms with E-state index in [2.05, 4.69) is 185 Å². The Balaban J connectivity index is 0.000000104. The summed E-state index contributed by atoms with van der Waals surface area (Å²) in [4.78, 5) is 37.4. The van der Waals surface area contributed by atoms with Gasteiger partial charge in [-0.15, -0.1) is 0 Å². The Bertz CT molecular complexity index is 3750. The topological polar surface area (TPSA) is 49.5 Å². The predicted molar refractivity (Wildman–Crippen MR) is 454 cm³/mol. The van der Waals surface area contributed by atoms with Gasteiger partial charge < -0.3 is 24.5 Å². The van der Waals surface area contributed by atoms with Gasteiger partial charge in [-0.25, -0.2) is 4.39 Å². The van der Waals surface area contributed by atoms with Crippen LogP contribution < -0.4 is 24.5 Å². The van der Waals surface area contributed by atoms with Gasteiger partial charge in [0.1, 0.15) is 5.82 Å². The number of nitrogens with zero attached hydrogens (tertiary/aromatic N) is 10. The largest absolute Gasteiger partial charge is 0.369 e. The Hall–Kier alpha value is -6.25. The first kappa shape index (κ1) is 76.7. The zero-order chi connectivity index (χ0) is 74.3. The van der Waals surface area contributed by atoms with Gasteiger partial charge in [0.15, 0.2) is 5.78 Å². The lowest BCUT2D eigenvalue weighted by Gasteiger charge is -2.58. The van der Waals surface area contributed by atoms with Crippen molar-refractivity contribution in [1.29, 1.82) is 0 Å². The minimum atomic E-state index is -0.151. The summed E-state index contributed by atoms with van der Waals surface area (Å²) in [6.07, 6.45) is 39.6. The highest BCUT2D eigenvalue weighted by atomic mass is 35.5. The molecule has 5 aromatic carbocycles. The average molecular weight is 1490 g/mol. The van der Waals surface area contributed by atoms with Crippen molar-refractivity contribution in [3.63, 3.8) is 0 Å². The van der Waals surface area contributed by atoms with Gasteiger partial charge in [-0.1, -0.05) is 102 Å². The average Bonchev–Trinajstić information content (AvgIpc) is 1.57. The number of anilines is 5. The van der Waals surface area contributed by atoms with E-state index in [1.807, 2.05) is 36.4 Å². The fourth-order valence-corrected chi connectivity index (χ4v) is 23.5. The van der Waals surface area contributed by atoms with E-state index in [1.54, 1.807) is 25.5 Å². The molecule has 109 heavy (non-hydrogen) atoms. The summed E-state index contributed by atoms with van der Waals surface area (Å²) < 4.78 is 13.0. The number of fused-ring (bicyclic) bond motifs is 6. The molecular formula is C96H130ClFN10O. The van der Waals surface area contributed by atoms with Gasteiger partial charge in [0.2, 0.25) is 0 Å². The van der Waals surface area contributed by atoms with E-state index in [0.29, 0.717) is 0 Å². The van der Waals surface area contributed by atoms with Gasteiger partial charge in [-0.3, -0.25) is 29.3 Å². The molecule has 5 aliphatic heterocycles. The van der Waals surface area contributed by atoms with Gasteiger partial charge in [0.05, 0.1) is 10.7 Å². The first-order valence-corrected chi connectivity index (χ1v) is 44.0. The number of benzene rings is 5. The summed E-state index contributed by atoms with van der Waals surface area (Å²) in [5, 5.41) is 0.879. The molecule has 13 heteroatoms. The van der Waals surface area contributed by atoms with E-state index in [0.717, 1.165) is 158 Å². The second-order valence-electron chi connectivity index (χ2n) is 36.5. The third kappa shape index (κ3) is 19.3. The third-order valence-electron chi connectivity index (χ3n) is 29.2. The van der Waals surface area contributed by atoms with Crippen LogP contribution in [0.5, 0.6) is 0 Å². The molecule has 0 radical (unpaired) electrons. The lowest BCUT2D eigenvalue weighted by Crippen LogP contribution is -2.60. The second kappa shape index (κ2) is 35.8. The highest BCUT2D eigenvalue weighted by Gasteiger charge is 2.50. The van der Waals surface area contributed by atoms with Gasteiger partial charge in [0.25, 0.3) is 0 Å². The summed E-state index contributed by atoms with van der Waals surface area (Å²) in [6, 6.07) is 40.0. The van der Waals surface area contributed by atoms with Crippen LogP contribution in [-0.2, 0) is 0 Å². The number of carbonyl (C=O) groups excluding carboxylic acids is 1. The van der Waals surface area contributed by atoms with E-state index in [1.165, 1.54) is 228 Å². The summed E-state index contributed by atoms with van der Waals surface area (Å²) in [6.45, 7) is 36.6. The monoisotopic (exact) mass is 1490 g/mol. The highest BCUT2D eigenvalue weighted by Crippen LogP contribution is 2.55. The van der Waals surface area contributed by atoms with Crippen molar-refractivity contribution in [2.45, 2.75) is 124 Å². The summed E-state index contributed by atoms with van der Waals surface area (Å²) in [7, 11) is 0. The number of hydrogen-bond acceptors (Lipinski definition) is 11. The Morgan fingerprint density at radius 1 is 0.413 bits per heavy atom. The van der Waals surface area contributed by atoms with E-state index >= 15 is 0 Å². The van der Waals surface area contributed by atoms with Crippen molar-refractivity contribution >= 4 is 45.8 Å². The molecule has 0 amide bonds. The number of hydrogen-bond donors (Lipinski definition) is 0. The fraction of sp³-hybridized carbons (Fsp3) is 0.594. The molecule has 16 aliphatic rings. The summed E-state index contributed by atoms with van der Waals surface area (Å²) in [5.41, 5.74) is 11.4. The van der Waals surface area contributed by atoms with E-state index in [-0.39, 0.29) is 11.6 Å². The number of allylic oxidation sites excluding steroid dienone is 8. The first-order chi connectivity index (χ1) is 53.2. The third-order valence-corrected chi connectivity index (χ3v) is 29.5. The zero-order valence-corrected chi connectivity index (χ0v) is 67.5. The number of piperazine rings is 5. The van der Waals surface area contributed by atoms with Crippen molar-refractivity contribution in [3.8, 4) is 0 Å². The maximum Gasteiger partial charge on any atom is 0.159 e. The molecule has 11 aliphatic carbocycles. The minimum Gasteiger partial charge on any atom is -0.369 e. The number of carbonyl (C=O) groups is 1. The molecule has 21 rings (SSSR count). The number of Topliss-reactive ketones (excluding diaryl/α,β-unsaturated/α-hetero) is 1. The van der Waals surface area contributed by atoms with Crippen LogP contribution in [0.4, 0.5) is 32.8 Å². The molecule has 5 heterocycles. The van der Waals surface area contributed by atoms with E-state index in [4.69, 9.17) is 11.6 Å². The van der Waals surface area contributed by atoms with Crippen LogP contribution in [0.3, 0.4) is 0 Å². The molecule has 584 valence electrons. The quantitative estimate of drug-likeness (QED) is 0.0744. The van der Waals surface area contributed by atoms with Crippen LogP contribution in [-0.4, -0.2) is 193 Å². The molecule has 5 saturated heterocycles. The lowest BCUT2D eigenvalue weighted by molar-refractivity contribution is -0.0665. The number of rotatable bonds is 15. The number of ketones is 1. The second-order valence-corrected chi connectivity index (χ2v) is 36.9. The molecule has 10 bridgehead atoms. The van der Waals surface area contributed by atoms with Crippen LogP contribution in [0, 0.1) is 109 Å². The van der Waals surface area contributed by atoms with Crippen molar-refractivity contribution in [2.75, 3.05) is 182 Å². The standard InChI is InChI=1S/C22H30N2O.C19H26N2.C19H28N2.C18H23ClN2.C18H23FN2/c1-15(25)18-2-4-21(5-3-18)23-6-8-24(9-7-23)22-19-11-16-10-17(13-19)14-20(22)12-16;1-15-2-6-19(7-3-15)21-10-8-20(9-11-21)14-18-13-16-4-5-17(18)12-16;1-16-8-9-17(2)19(14-16)21-12-10-20(11-13-21)15-18-6-4-3-5-7-18;19-17-3-1-2-4-18(17)21-9-7-20(8-10-21)13-16-12-14-5-6-15(16)11-14;19-17-3-5-18(6-4-17)21-9-7-20(8-10-21)13-16-12-14-1-2-15(16)11-14/h2-5,16-17,19-20,22H,6-14H2,1H3;2-7,16-18H,8-14H2,1H3;3-4,8-9,14,18H,5-7,10-13,15H2,1-2H3;2*1-6,14-16H,7-13H2. The maximum atomic E-state index is 13.0. The lowest BCUT2D eigenvalue weighted by atomic mass is 9.54. The van der Waals surface area contributed by atoms with Crippen LogP contribution in [0.1, 0.15) is 124 Å².